The zero-order valence-electron chi connectivity index (χ0n) is 18.0. The summed E-state index contributed by atoms with van der Waals surface area (Å²) in [5, 5.41) is 0. The lowest BCUT2D eigenvalue weighted by Gasteiger charge is -2.23. The van der Waals surface area contributed by atoms with Gasteiger partial charge in [0.1, 0.15) is 17.2 Å². The number of likely N-dealkylation sites (tertiary alicyclic amines) is 1. The minimum absolute atomic E-state index is 0.105. The first-order valence-corrected chi connectivity index (χ1v) is 11.6. The molecule has 2 heterocycles. The van der Waals surface area contributed by atoms with Crippen LogP contribution in [0.1, 0.15) is 37.7 Å². The summed E-state index contributed by atoms with van der Waals surface area (Å²) in [4.78, 5) is 34.3. The first kappa shape index (κ1) is 19.6. The Morgan fingerprint density at radius 3 is 2.47 bits per heavy atom. The van der Waals surface area contributed by atoms with Crippen LogP contribution in [0.3, 0.4) is 0 Å². The van der Waals surface area contributed by atoms with Crippen molar-refractivity contribution in [2.24, 2.45) is 16.8 Å². The Bertz CT molecular complexity index is 1120. The fourth-order valence-corrected chi connectivity index (χ4v) is 5.00. The van der Waals surface area contributed by atoms with Crippen molar-refractivity contribution in [1.29, 1.82) is 0 Å². The fraction of sp³-hybridized carbons (Fsp3) is 0.423. The van der Waals surface area contributed by atoms with Crippen molar-refractivity contribution >= 4 is 17.6 Å². The highest BCUT2D eigenvalue weighted by atomic mass is 19.1. The number of amidine groups is 1. The number of hydrogen-bond donors (Lipinski definition) is 0. The number of benzene rings is 2. The van der Waals surface area contributed by atoms with Crippen molar-refractivity contribution in [1.82, 2.24) is 9.80 Å². The molecule has 6 rings (SSSR count). The van der Waals surface area contributed by atoms with Crippen LogP contribution in [-0.2, 0) is 9.59 Å². The zero-order valence-corrected chi connectivity index (χ0v) is 18.0. The molecule has 0 aromatic heterocycles. The third-order valence-electron chi connectivity index (χ3n) is 7.21. The molecule has 5 nitrogen and oxygen atoms in total. The molecule has 0 unspecified atom stereocenters. The number of halogens is 1. The molecule has 0 N–H and O–H groups in total. The Morgan fingerprint density at radius 1 is 1.03 bits per heavy atom. The van der Waals surface area contributed by atoms with Gasteiger partial charge in [0, 0.05) is 31.1 Å². The molecule has 2 aromatic carbocycles. The molecule has 1 atom stereocenters. The third kappa shape index (κ3) is 3.42. The van der Waals surface area contributed by atoms with Gasteiger partial charge in [0.15, 0.2) is 0 Å². The van der Waals surface area contributed by atoms with Gasteiger partial charge >= 0.3 is 0 Å². The second-order valence-corrected chi connectivity index (χ2v) is 9.68. The molecular formula is C26H26FN3O2. The van der Waals surface area contributed by atoms with Gasteiger partial charge in [-0.25, -0.2) is 4.39 Å². The maximum Gasteiger partial charge on any atom is 0.256 e. The topological polar surface area (TPSA) is 53.0 Å². The van der Waals surface area contributed by atoms with Gasteiger partial charge in [0.05, 0.1) is 0 Å². The molecule has 1 spiro atoms. The average Bonchev–Trinajstić information content (AvgIpc) is 3.72. The summed E-state index contributed by atoms with van der Waals surface area (Å²) < 4.78 is 13.6. The number of aliphatic imine (C=N–C) groups is 1. The molecule has 4 aliphatic rings. The molecule has 32 heavy (non-hydrogen) atoms. The van der Waals surface area contributed by atoms with Crippen LogP contribution in [0.4, 0.5) is 4.39 Å². The van der Waals surface area contributed by atoms with Crippen LogP contribution in [0.15, 0.2) is 53.5 Å². The highest BCUT2D eigenvalue weighted by Crippen LogP contribution is 2.46. The van der Waals surface area contributed by atoms with E-state index >= 15 is 0 Å². The van der Waals surface area contributed by atoms with Gasteiger partial charge in [-0.3, -0.25) is 19.5 Å². The van der Waals surface area contributed by atoms with E-state index < -0.39 is 5.54 Å². The first-order chi connectivity index (χ1) is 15.5. The molecule has 6 heteroatoms. The SMILES string of the molecule is O=C(C1CC1)N1CC[C@@H](CN2C(=O)C3(CC3)N=C2c2ccc(-c3cccc(F)c3)cc2)C1. The molecule has 2 aromatic rings. The van der Waals surface area contributed by atoms with Crippen LogP contribution in [0.25, 0.3) is 11.1 Å². The number of carbonyl (C=O) groups excluding carboxylic acids is 2. The van der Waals surface area contributed by atoms with E-state index in [1.54, 1.807) is 6.07 Å². The van der Waals surface area contributed by atoms with Crippen molar-refractivity contribution in [3.8, 4) is 11.1 Å². The molecule has 164 valence electrons. The van der Waals surface area contributed by atoms with Gasteiger partial charge in [-0.1, -0.05) is 36.4 Å². The number of carbonyl (C=O) groups is 2. The van der Waals surface area contributed by atoms with Gasteiger partial charge in [0.2, 0.25) is 5.91 Å². The number of hydrogen-bond acceptors (Lipinski definition) is 3. The lowest BCUT2D eigenvalue weighted by molar-refractivity contribution is -0.131. The predicted octanol–water partition coefficient (Wildman–Crippen LogP) is 3.87. The molecule has 0 radical (unpaired) electrons. The Kier molecular flexibility index (Phi) is 4.46. The molecule has 2 amide bonds. The van der Waals surface area contributed by atoms with Crippen LogP contribution in [0, 0.1) is 17.7 Å². The van der Waals surface area contributed by atoms with Crippen LogP contribution in [0.5, 0.6) is 0 Å². The molecule has 1 saturated heterocycles. The van der Waals surface area contributed by atoms with E-state index in [2.05, 4.69) is 0 Å². The van der Waals surface area contributed by atoms with Gasteiger partial charge < -0.3 is 4.90 Å². The Morgan fingerprint density at radius 2 is 1.78 bits per heavy atom. The Hall–Kier alpha value is -3.02. The van der Waals surface area contributed by atoms with Crippen LogP contribution in [0.2, 0.25) is 0 Å². The summed E-state index contributed by atoms with van der Waals surface area (Å²) in [6.07, 6.45) is 4.60. The summed E-state index contributed by atoms with van der Waals surface area (Å²) >= 11 is 0. The maximum absolute atomic E-state index is 13.6. The predicted molar refractivity (Wildman–Crippen MR) is 119 cm³/mol. The van der Waals surface area contributed by atoms with E-state index in [-0.39, 0.29) is 23.6 Å². The minimum atomic E-state index is -0.557. The molecule has 0 bridgehead atoms. The maximum atomic E-state index is 13.6. The van der Waals surface area contributed by atoms with E-state index in [4.69, 9.17) is 4.99 Å². The van der Waals surface area contributed by atoms with Crippen LogP contribution in [-0.4, -0.2) is 52.6 Å². The van der Waals surface area contributed by atoms with Crippen molar-refractivity contribution in [2.45, 2.75) is 37.6 Å². The number of rotatable bonds is 5. The minimum Gasteiger partial charge on any atom is -0.342 e. The number of nitrogens with zero attached hydrogens (tertiary/aromatic N) is 3. The summed E-state index contributed by atoms with van der Waals surface area (Å²) in [6, 6.07) is 14.4. The molecular weight excluding hydrogens is 405 g/mol. The lowest BCUT2D eigenvalue weighted by Crippen LogP contribution is -2.40. The van der Waals surface area contributed by atoms with E-state index in [0.717, 1.165) is 67.7 Å². The van der Waals surface area contributed by atoms with Crippen molar-refractivity contribution in [2.75, 3.05) is 19.6 Å². The van der Waals surface area contributed by atoms with Crippen LogP contribution >= 0.6 is 0 Å². The van der Waals surface area contributed by atoms with Gasteiger partial charge in [0.25, 0.3) is 5.91 Å². The Labute approximate surface area is 186 Å². The highest BCUT2D eigenvalue weighted by molar-refractivity contribution is 6.16. The summed E-state index contributed by atoms with van der Waals surface area (Å²) in [6.45, 7) is 2.14. The molecule has 3 fully saturated rings. The van der Waals surface area contributed by atoms with E-state index in [9.17, 15) is 14.0 Å². The van der Waals surface area contributed by atoms with E-state index in [1.165, 1.54) is 12.1 Å². The van der Waals surface area contributed by atoms with Crippen molar-refractivity contribution in [3.05, 3.63) is 59.9 Å². The summed E-state index contributed by atoms with van der Waals surface area (Å²) in [7, 11) is 0. The van der Waals surface area contributed by atoms with Gasteiger partial charge in [-0.15, -0.1) is 0 Å². The third-order valence-corrected chi connectivity index (χ3v) is 7.21. The average molecular weight is 432 g/mol. The normalized spacial score (nSPS) is 23.7. The summed E-state index contributed by atoms with van der Waals surface area (Å²) in [5.41, 5.74) is 2.10. The highest BCUT2D eigenvalue weighted by Gasteiger charge is 2.57. The molecule has 2 aliphatic heterocycles. The van der Waals surface area contributed by atoms with E-state index in [1.807, 2.05) is 40.1 Å². The quantitative estimate of drug-likeness (QED) is 0.722. The lowest BCUT2D eigenvalue weighted by atomic mass is 10.0. The van der Waals surface area contributed by atoms with Gasteiger partial charge in [-0.2, -0.15) is 0 Å². The zero-order chi connectivity index (χ0) is 21.9. The van der Waals surface area contributed by atoms with Crippen molar-refractivity contribution in [3.63, 3.8) is 0 Å². The van der Waals surface area contributed by atoms with Crippen LogP contribution < -0.4 is 0 Å². The first-order valence-electron chi connectivity index (χ1n) is 11.6. The molecule has 2 aliphatic carbocycles. The van der Waals surface area contributed by atoms with Crippen molar-refractivity contribution < 1.29 is 14.0 Å². The van der Waals surface area contributed by atoms with Gasteiger partial charge in [-0.05, 0) is 61.3 Å². The standard InChI is InChI=1S/C26H26FN3O2/c27-22-3-1-2-21(14-22)18-4-6-19(7-5-18)23-28-26(11-12-26)25(32)30(23)16-17-10-13-29(15-17)24(31)20-8-9-20/h1-7,14,17,20H,8-13,15-16H2/t17-/m1/s1. The monoisotopic (exact) mass is 431 g/mol. The largest absolute Gasteiger partial charge is 0.342 e. The fourth-order valence-electron chi connectivity index (χ4n) is 5.00. The smallest absolute Gasteiger partial charge is 0.256 e. The summed E-state index contributed by atoms with van der Waals surface area (Å²) in [5.74, 6) is 1.41. The Balaban J connectivity index is 1.21. The number of amides is 2. The second kappa shape index (κ2) is 7.26. The molecule has 2 saturated carbocycles. The second-order valence-electron chi connectivity index (χ2n) is 9.68. The van der Waals surface area contributed by atoms with E-state index in [0.29, 0.717) is 12.5 Å².